The van der Waals surface area contributed by atoms with Crippen LogP contribution in [0.25, 0.3) is 0 Å². The molecule has 94 valence electrons. The van der Waals surface area contributed by atoms with E-state index in [9.17, 15) is 13.2 Å². The van der Waals surface area contributed by atoms with E-state index in [4.69, 9.17) is 15.6 Å². The average Bonchev–Trinajstić information content (AvgIpc) is 2.29. The summed E-state index contributed by atoms with van der Waals surface area (Å²) in [6.45, 7) is -0.469. The Morgan fingerprint density at radius 1 is 1.41 bits per heavy atom. The van der Waals surface area contributed by atoms with Crippen molar-refractivity contribution in [3.8, 4) is 5.75 Å². The number of nitrogens with two attached hydrogens (primary N) is 1. The fourth-order valence-electron chi connectivity index (χ4n) is 1.29. The lowest BCUT2D eigenvalue weighted by atomic mass is 10.3. The molecule has 1 atom stereocenters. The normalized spacial score (nSPS) is 13.1. The van der Waals surface area contributed by atoms with Crippen LogP contribution in [0.15, 0.2) is 29.2 Å². The van der Waals surface area contributed by atoms with Crippen LogP contribution in [-0.2, 0) is 14.6 Å². The Morgan fingerprint density at radius 2 is 1.94 bits per heavy atom. The van der Waals surface area contributed by atoms with Gasteiger partial charge in [-0.05, 0) is 24.3 Å². The molecule has 17 heavy (non-hydrogen) atoms. The number of benzene rings is 1. The molecule has 6 nitrogen and oxygen atoms in total. The maximum atomic E-state index is 11.9. The molecule has 0 amide bonds. The summed E-state index contributed by atoms with van der Waals surface area (Å²) in [6, 6.07) is 5.48. The minimum atomic E-state index is -3.96. The molecular weight excluding hydrogens is 246 g/mol. The summed E-state index contributed by atoms with van der Waals surface area (Å²) in [5.74, 6) is -0.966. The lowest BCUT2D eigenvalue weighted by Gasteiger charge is -2.11. The monoisotopic (exact) mass is 259 g/mol. The molecule has 7 heteroatoms. The highest BCUT2D eigenvalue weighted by molar-refractivity contribution is 7.92. The van der Waals surface area contributed by atoms with Crippen LogP contribution in [0.3, 0.4) is 0 Å². The van der Waals surface area contributed by atoms with Crippen molar-refractivity contribution < 1.29 is 23.1 Å². The van der Waals surface area contributed by atoms with E-state index in [-0.39, 0.29) is 4.90 Å². The van der Waals surface area contributed by atoms with Crippen LogP contribution in [-0.4, -0.2) is 38.4 Å². The molecule has 0 radical (unpaired) electrons. The molecule has 0 saturated heterocycles. The van der Waals surface area contributed by atoms with E-state index in [1.807, 2.05) is 0 Å². The Morgan fingerprint density at radius 3 is 2.29 bits per heavy atom. The maximum absolute atomic E-state index is 11.9. The summed E-state index contributed by atoms with van der Waals surface area (Å²) in [7, 11) is -2.51. The third kappa shape index (κ3) is 2.75. The predicted octanol–water partition coefficient (Wildman–Crippen LogP) is -0.119. The number of rotatable bonds is 5. The van der Waals surface area contributed by atoms with E-state index in [0.717, 1.165) is 0 Å². The van der Waals surface area contributed by atoms with Gasteiger partial charge in [-0.25, -0.2) is 8.42 Å². The first kappa shape index (κ1) is 13.5. The summed E-state index contributed by atoms with van der Waals surface area (Å²) in [6.07, 6.45) is 0. The van der Waals surface area contributed by atoms with Crippen molar-refractivity contribution in [2.45, 2.75) is 10.1 Å². The number of hydrogen-bond acceptors (Lipinski definition) is 5. The zero-order valence-corrected chi connectivity index (χ0v) is 9.98. The highest BCUT2D eigenvalue weighted by atomic mass is 32.2. The Balaban J connectivity index is 3.16. The fourth-order valence-corrected chi connectivity index (χ4v) is 2.65. The number of carboxylic acids is 1. The molecule has 0 aliphatic carbocycles. The van der Waals surface area contributed by atoms with E-state index in [1.54, 1.807) is 0 Å². The Bertz CT molecular complexity index is 494. The average molecular weight is 259 g/mol. The first-order valence-corrected chi connectivity index (χ1v) is 6.29. The summed E-state index contributed by atoms with van der Waals surface area (Å²) < 4.78 is 28.7. The van der Waals surface area contributed by atoms with Gasteiger partial charge >= 0.3 is 5.97 Å². The minimum Gasteiger partial charge on any atom is -0.497 e. The molecule has 3 N–H and O–H groups in total. The zero-order valence-electron chi connectivity index (χ0n) is 9.16. The van der Waals surface area contributed by atoms with Crippen molar-refractivity contribution in [3.05, 3.63) is 24.3 Å². The Labute approximate surface area is 98.9 Å². The number of ether oxygens (including phenoxy) is 1. The number of methoxy groups -OCH3 is 1. The first-order valence-electron chi connectivity index (χ1n) is 4.74. The summed E-state index contributed by atoms with van der Waals surface area (Å²) in [4.78, 5) is 10.7. The molecule has 1 unspecified atom stereocenters. The van der Waals surface area contributed by atoms with E-state index in [2.05, 4.69) is 0 Å². The standard InChI is InChI=1S/C10H13NO5S/c1-16-7-2-4-8(5-3-7)17(14,15)9(6-11)10(12)13/h2-5,9H,6,11H2,1H3,(H,12,13). The van der Waals surface area contributed by atoms with Crippen molar-refractivity contribution in [1.29, 1.82) is 0 Å². The number of carbonyl (C=O) groups is 1. The molecule has 0 bridgehead atoms. The molecule has 0 aromatic heterocycles. The van der Waals surface area contributed by atoms with Gasteiger partial charge in [-0.2, -0.15) is 0 Å². The molecular formula is C10H13NO5S. The number of carboxylic acid groups (broad SMARTS) is 1. The van der Waals surface area contributed by atoms with Crippen molar-refractivity contribution in [2.24, 2.45) is 5.73 Å². The van der Waals surface area contributed by atoms with E-state index >= 15 is 0 Å². The van der Waals surface area contributed by atoms with E-state index in [0.29, 0.717) is 5.75 Å². The fraction of sp³-hybridized carbons (Fsp3) is 0.300. The molecule has 1 rings (SSSR count). The molecule has 0 aliphatic rings. The van der Waals surface area contributed by atoms with Gasteiger partial charge in [-0.3, -0.25) is 4.79 Å². The van der Waals surface area contributed by atoms with Crippen LogP contribution in [0.5, 0.6) is 5.75 Å². The van der Waals surface area contributed by atoms with Gasteiger partial charge < -0.3 is 15.6 Å². The molecule has 0 heterocycles. The van der Waals surface area contributed by atoms with Gasteiger partial charge in [0.2, 0.25) is 0 Å². The van der Waals surface area contributed by atoms with Crippen molar-refractivity contribution in [2.75, 3.05) is 13.7 Å². The van der Waals surface area contributed by atoms with Crippen LogP contribution in [0.2, 0.25) is 0 Å². The second-order valence-electron chi connectivity index (χ2n) is 3.28. The molecule has 1 aromatic rings. The van der Waals surface area contributed by atoms with Gasteiger partial charge in [-0.15, -0.1) is 0 Å². The topological polar surface area (TPSA) is 107 Å². The van der Waals surface area contributed by atoms with Crippen LogP contribution < -0.4 is 10.5 Å². The first-order chi connectivity index (χ1) is 7.93. The largest absolute Gasteiger partial charge is 0.497 e. The van der Waals surface area contributed by atoms with Crippen molar-refractivity contribution >= 4 is 15.8 Å². The SMILES string of the molecule is COc1ccc(S(=O)(=O)C(CN)C(=O)O)cc1. The highest BCUT2D eigenvalue weighted by Crippen LogP contribution is 2.19. The van der Waals surface area contributed by atoms with Crippen molar-refractivity contribution in [3.63, 3.8) is 0 Å². The van der Waals surface area contributed by atoms with Crippen LogP contribution in [0, 0.1) is 0 Å². The summed E-state index contributed by atoms with van der Waals surface area (Å²) in [5, 5.41) is 7.16. The van der Waals surface area contributed by atoms with E-state index < -0.39 is 27.6 Å². The van der Waals surface area contributed by atoms with Gasteiger partial charge in [0.1, 0.15) is 5.75 Å². The molecule has 0 fully saturated rings. The number of aliphatic carboxylic acids is 1. The third-order valence-electron chi connectivity index (χ3n) is 2.25. The second-order valence-corrected chi connectivity index (χ2v) is 5.41. The summed E-state index contributed by atoms with van der Waals surface area (Å²) >= 11 is 0. The predicted molar refractivity (Wildman–Crippen MR) is 60.7 cm³/mol. The smallest absolute Gasteiger partial charge is 0.323 e. The van der Waals surface area contributed by atoms with E-state index in [1.165, 1.54) is 31.4 Å². The Hall–Kier alpha value is -1.60. The minimum absolute atomic E-state index is 0.0869. The molecule has 0 aliphatic heterocycles. The zero-order chi connectivity index (χ0) is 13.1. The van der Waals surface area contributed by atoms with Gasteiger partial charge in [0, 0.05) is 6.54 Å². The molecule has 0 spiro atoms. The van der Waals surface area contributed by atoms with Crippen LogP contribution in [0.4, 0.5) is 0 Å². The number of hydrogen-bond donors (Lipinski definition) is 2. The van der Waals surface area contributed by atoms with Gasteiger partial charge in [0.15, 0.2) is 15.1 Å². The second kappa shape index (κ2) is 5.15. The number of sulfone groups is 1. The van der Waals surface area contributed by atoms with Crippen LogP contribution in [0.1, 0.15) is 0 Å². The highest BCUT2D eigenvalue weighted by Gasteiger charge is 2.32. The van der Waals surface area contributed by atoms with Gasteiger partial charge in [-0.1, -0.05) is 0 Å². The molecule has 0 saturated carbocycles. The lowest BCUT2D eigenvalue weighted by molar-refractivity contribution is -0.136. The third-order valence-corrected chi connectivity index (χ3v) is 4.32. The Kier molecular flexibility index (Phi) is 4.08. The summed E-state index contributed by atoms with van der Waals surface area (Å²) in [5.41, 5.74) is 5.17. The van der Waals surface area contributed by atoms with Gasteiger partial charge in [0.25, 0.3) is 0 Å². The van der Waals surface area contributed by atoms with Crippen molar-refractivity contribution in [1.82, 2.24) is 0 Å². The quantitative estimate of drug-likeness (QED) is 0.763. The lowest BCUT2D eigenvalue weighted by Crippen LogP contribution is -2.37. The maximum Gasteiger partial charge on any atom is 0.323 e. The van der Waals surface area contributed by atoms with Crippen LogP contribution >= 0.6 is 0 Å². The molecule has 1 aromatic carbocycles. The van der Waals surface area contributed by atoms with Gasteiger partial charge in [0.05, 0.1) is 12.0 Å².